The lowest BCUT2D eigenvalue weighted by atomic mass is 10.1. The zero-order chi connectivity index (χ0) is 14.1. The lowest BCUT2D eigenvalue weighted by Gasteiger charge is -2.17. The molecule has 1 aliphatic carbocycles. The Kier molecular flexibility index (Phi) is 3.30. The molecule has 1 aliphatic rings. The van der Waals surface area contributed by atoms with Crippen LogP contribution in [-0.4, -0.2) is 27.3 Å². The molecule has 2 N–H and O–H groups in total. The number of rotatable bonds is 3. The molecule has 2 atom stereocenters. The van der Waals surface area contributed by atoms with Crippen LogP contribution in [0.5, 0.6) is 5.75 Å². The number of nitrogen functional groups attached to an aromatic ring is 1. The molecule has 106 valence electrons. The topological polar surface area (TPSA) is 78.8 Å². The molecule has 1 aromatic carbocycles. The minimum Gasteiger partial charge on any atom is -0.496 e. The van der Waals surface area contributed by atoms with E-state index in [2.05, 4.69) is 22.4 Å². The normalized spacial score (nSPS) is 22.1. The van der Waals surface area contributed by atoms with E-state index < -0.39 is 0 Å². The second-order valence-electron chi connectivity index (χ2n) is 5.38. The molecule has 1 heterocycles. The maximum Gasteiger partial charge on any atom is 0.186 e. The average Bonchev–Trinajstić information content (AvgIpc) is 3.06. The Morgan fingerprint density at radius 2 is 2.20 bits per heavy atom. The molecule has 0 spiro atoms. The zero-order valence-electron chi connectivity index (χ0n) is 11.8. The van der Waals surface area contributed by atoms with Crippen LogP contribution < -0.4 is 10.5 Å². The van der Waals surface area contributed by atoms with E-state index >= 15 is 0 Å². The molecule has 0 amide bonds. The summed E-state index contributed by atoms with van der Waals surface area (Å²) in [5, 5.41) is 12.2. The fourth-order valence-corrected chi connectivity index (χ4v) is 2.98. The van der Waals surface area contributed by atoms with Gasteiger partial charge in [-0.3, -0.25) is 0 Å². The van der Waals surface area contributed by atoms with Gasteiger partial charge in [0.25, 0.3) is 0 Å². The van der Waals surface area contributed by atoms with E-state index in [1.165, 1.54) is 12.8 Å². The standard InChI is InChI=1S/C14H19N5O/c1-9-4-3-5-12(9)19-14(16-17-18-19)11-8-10(15)6-7-13(11)20-2/h6-9,12H,3-5,15H2,1-2H3. The van der Waals surface area contributed by atoms with Crippen molar-refractivity contribution in [3.05, 3.63) is 18.2 Å². The average molecular weight is 273 g/mol. The van der Waals surface area contributed by atoms with Crippen LogP contribution in [0.2, 0.25) is 0 Å². The summed E-state index contributed by atoms with van der Waals surface area (Å²) in [5.74, 6) is 2.05. The number of hydrogen-bond donors (Lipinski definition) is 1. The van der Waals surface area contributed by atoms with Gasteiger partial charge in [-0.1, -0.05) is 13.3 Å². The fraction of sp³-hybridized carbons (Fsp3) is 0.500. The first-order chi connectivity index (χ1) is 9.70. The third-order valence-electron chi connectivity index (χ3n) is 4.09. The van der Waals surface area contributed by atoms with E-state index in [1.807, 2.05) is 22.9 Å². The first-order valence-electron chi connectivity index (χ1n) is 6.92. The van der Waals surface area contributed by atoms with Crippen molar-refractivity contribution in [3.63, 3.8) is 0 Å². The Hall–Kier alpha value is -2.11. The Labute approximate surface area is 117 Å². The summed E-state index contributed by atoms with van der Waals surface area (Å²) in [6, 6.07) is 5.88. The summed E-state index contributed by atoms with van der Waals surface area (Å²) in [6.07, 6.45) is 3.56. The van der Waals surface area contributed by atoms with Crippen molar-refractivity contribution in [2.24, 2.45) is 5.92 Å². The maximum atomic E-state index is 5.89. The van der Waals surface area contributed by atoms with Crippen molar-refractivity contribution in [3.8, 4) is 17.1 Å². The van der Waals surface area contributed by atoms with Crippen LogP contribution in [0.15, 0.2) is 18.2 Å². The van der Waals surface area contributed by atoms with Gasteiger partial charge in [-0.25, -0.2) is 4.68 Å². The molecule has 6 heteroatoms. The van der Waals surface area contributed by atoms with Gasteiger partial charge in [0.15, 0.2) is 5.82 Å². The van der Waals surface area contributed by atoms with Crippen LogP contribution in [0.4, 0.5) is 5.69 Å². The second kappa shape index (κ2) is 5.11. The fourth-order valence-electron chi connectivity index (χ4n) is 2.98. The molecule has 0 aliphatic heterocycles. The number of nitrogens with two attached hydrogens (primary N) is 1. The van der Waals surface area contributed by atoms with Gasteiger partial charge in [0, 0.05) is 5.69 Å². The summed E-state index contributed by atoms with van der Waals surface area (Å²) >= 11 is 0. The SMILES string of the molecule is COc1ccc(N)cc1-c1nnnn1C1CCCC1C. The molecular formula is C14H19N5O. The molecule has 6 nitrogen and oxygen atoms in total. The third kappa shape index (κ3) is 2.11. The van der Waals surface area contributed by atoms with Crippen molar-refractivity contribution in [2.75, 3.05) is 12.8 Å². The van der Waals surface area contributed by atoms with Crippen molar-refractivity contribution in [1.82, 2.24) is 20.2 Å². The Morgan fingerprint density at radius 3 is 2.90 bits per heavy atom. The molecule has 1 fully saturated rings. The molecule has 1 saturated carbocycles. The first kappa shape index (κ1) is 12.9. The van der Waals surface area contributed by atoms with Gasteiger partial charge in [-0.05, 0) is 47.4 Å². The summed E-state index contributed by atoms with van der Waals surface area (Å²) in [6.45, 7) is 2.25. The van der Waals surface area contributed by atoms with E-state index in [9.17, 15) is 0 Å². The molecule has 0 radical (unpaired) electrons. The second-order valence-corrected chi connectivity index (χ2v) is 5.38. The number of hydrogen-bond acceptors (Lipinski definition) is 5. The van der Waals surface area contributed by atoms with E-state index in [0.29, 0.717) is 17.6 Å². The van der Waals surface area contributed by atoms with Crippen molar-refractivity contribution in [2.45, 2.75) is 32.2 Å². The van der Waals surface area contributed by atoms with E-state index in [1.54, 1.807) is 7.11 Å². The Balaban J connectivity index is 2.07. The highest BCUT2D eigenvalue weighted by atomic mass is 16.5. The van der Waals surface area contributed by atoms with E-state index in [-0.39, 0.29) is 0 Å². The van der Waals surface area contributed by atoms with Crippen molar-refractivity contribution in [1.29, 1.82) is 0 Å². The highest BCUT2D eigenvalue weighted by Gasteiger charge is 2.29. The van der Waals surface area contributed by atoms with Crippen LogP contribution in [0, 0.1) is 5.92 Å². The smallest absolute Gasteiger partial charge is 0.186 e. The molecule has 2 aromatic rings. The van der Waals surface area contributed by atoms with E-state index in [0.717, 1.165) is 23.6 Å². The van der Waals surface area contributed by atoms with Gasteiger partial charge in [0.05, 0.1) is 18.7 Å². The molecule has 0 bridgehead atoms. The quantitative estimate of drug-likeness (QED) is 0.868. The molecule has 0 saturated heterocycles. The molecule has 1 aromatic heterocycles. The van der Waals surface area contributed by atoms with Gasteiger partial charge in [-0.15, -0.1) is 5.10 Å². The minimum atomic E-state index is 0.353. The number of anilines is 1. The first-order valence-corrected chi connectivity index (χ1v) is 6.92. The van der Waals surface area contributed by atoms with Gasteiger partial charge in [0.2, 0.25) is 0 Å². The van der Waals surface area contributed by atoms with Crippen LogP contribution in [-0.2, 0) is 0 Å². The van der Waals surface area contributed by atoms with Crippen molar-refractivity contribution < 1.29 is 4.74 Å². The summed E-state index contributed by atoms with van der Waals surface area (Å²) < 4.78 is 7.33. The predicted molar refractivity (Wildman–Crippen MR) is 76.3 cm³/mol. The monoisotopic (exact) mass is 273 g/mol. The predicted octanol–water partition coefficient (Wildman–Crippen LogP) is 2.29. The lowest BCUT2D eigenvalue weighted by Crippen LogP contribution is -2.15. The van der Waals surface area contributed by atoms with Crippen molar-refractivity contribution >= 4 is 5.69 Å². The molecule has 3 rings (SSSR count). The van der Waals surface area contributed by atoms with Gasteiger partial charge in [0.1, 0.15) is 5.75 Å². The Morgan fingerprint density at radius 1 is 1.35 bits per heavy atom. The molecular weight excluding hydrogens is 254 g/mol. The number of ether oxygens (including phenoxy) is 1. The number of methoxy groups -OCH3 is 1. The minimum absolute atomic E-state index is 0.353. The number of tetrazole rings is 1. The Bertz CT molecular complexity index is 609. The summed E-state index contributed by atoms with van der Waals surface area (Å²) in [7, 11) is 1.64. The number of nitrogens with zero attached hydrogens (tertiary/aromatic N) is 4. The van der Waals surface area contributed by atoms with Crippen LogP contribution in [0.25, 0.3) is 11.4 Å². The largest absolute Gasteiger partial charge is 0.496 e. The molecule has 2 unspecified atom stereocenters. The van der Waals surface area contributed by atoms with Gasteiger partial charge in [-0.2, -0.15) is 0 Å². The summed E-state index contributed by atoms with van der Waals surface area (Å²) in [5.41, 5.74) is 7.41. The van der Waals surface area contributed by atoms with Gasteiger partial charge >= 0.3 is 0 Å². The van der Waals surface area contributed by atoms with Crippen LogP contribution in [0.3, 0.4) is 0 Å². The van der Waals surface area contributed by atoms with Crippen LogP contribution in [0.1, 0.15) is 32.2 Å². The zero-order valence-corrected chi connectivity index (χ0v) is 11.8. The third-order valence-corrected chi connectivity index (χ3v) is 4.09. The summed E-state index contributed by atoms with van der Waals surface area (Å²) in [4.78, 5) is 0. The van der Waals surface area contributed by atoms with Crippen LogP contribution >= 0.6 is 0 Å². The highest BCUT2D eigenvalue weighted by molar-refractivity contribution is 5.68. The number of aromatic nitrogens is 4. The van der Waals surface area contributed by atoms with Gasteiger partial charge < -0.3 is 10.5 Å². The molecule has 20 heavy (non-hydrogen) atoms. The number of benzene rings is 1. The highest BCUT2D eigenvalue weighted by Crippen LogP contribution is 2.38. The van der Waals surface area contributed by atoms with E-state index in [4.69, 9.17) is 10.5 Å². The lowest BCUT2D eigenvalue weighted by molar-refractivity contribution is 0.369. The maximum absolute atomic E-state index is 5.89.